The van der Waals surface area contributed by atoms with E-state index in [1.165, 1.54) is 17.7 Å². The predicted octanol–water partition coefficient (Wildman–Crippen LogP) is 4.07. The minimum Gasteiger partial charge on any atom is -0.492 e. The van der Waals surface area contributed by atoms with Gasteiger partial charge in [-0.1, -0.05) is 28.1 Å². The molecule has 0 bridgehead atoms. The summed E-state index contributed by atoms with van der Waals surface area (Å²) in [6, 6.07) is 12.8. The smallest absolute Gasteiger partial charge is 0.124 e. The van der Waals surface area contributed by atoms with Gasteiger partial charge >= 0.3 is 0 Å². The molecule has 2 aromatic carbocycles. The van der Waals surface area contributed by atoms with Crippen LogP contribution in [0.15, 0.2) is 46.9 Å². The Morgan fingerprint density at radius 2 is 2.05 bits per heavy atom. The zero-order valence-corrected chi connectivity index (χ0v) is 12.9. The molecular weight excluding hydrogens is 321 g/mol. The summed E-state index contributed by atoms with van der Waals surface area (Å²) < 4.78 is 19.6. The lowest BCUT2D eigenvalue weighted by Crippen LogP contribution is -2.20. The second kappa shape index (κ2) is 7.41. The molecule has 0 unspecified atom stereocenters. The van der Waals surface area contributed by atoms with E-state index in [9.17, 15) is 4.39 Å². The van der Waals surface area contributed by atoms with Crippen molar-refractivity contribution < 1.29 is 9.13 Å². The standard InChI is InChI=1S/C16H17BrFNO/c1-12-3-2-4-16(7-12)20-6-5-19-11-13-8-14(17)10-15(18)9-13/h2-4,7-10,19H,5-6,11H2,1H3. The van der Waals surface area contributed by atoms with Crippen LogP contribution in [0.3, 0.4) is 0 Å². The second-order valence-corrected chi connectivity index (χ2v) is 5.54. The Morgan fingerprint density at radius 3 is 2.80 bits per heavy atom. The summed E-state index contributed by atoms with van der Waals surface area (Å²) in [7, 11) is 0. The molecule has 2 nitrogen and oxygen atoms in total. The Hall–Kier alpha value is -1.39. The second-order valence-electron chi connectivity index (χ2n) is 4.62. The van der Waals surface area contributed by atoms with E-state index in [2.05, 4.69) is 21.2 Å². The van der Waals surface area contributed by atoms with Gasteiger partial charge in [0, 0.05) is 17.6 Å². The monoisotopic (exact) mass is 337 g/mol. The fraction of sp³-hybridized carbons (Fsp3) is 0.250. The van der Waals surface area contributed by atoms with E-state index in [1.54, 1.807) is 0 Å². The number of halogens is 2. The molecule has 0 saturated carbocycles. The van der Waals surface area contributed by atoms with Gasteiger partial charge in [0.15, 0.2) is 0 Å². The van der Waals surface area contributed by atoms with Crippen LogP contribution in [0, 0.1) is 12.7 Å². The van der Waals surface area contributed by atoms with Gasteiger partial charge in [-0.15, -0.1) is 0 Å². The first-order chi connectivity index (χ1) is 9.63. The van der Waals surface area contributed by atoms with Crippen molar-refractivity contribution in [3.05, 3.63) is 63.9 Å². The first-order valence-electron chi connectivity index (χ1n) is 6.48. The van der Waals surface area contributed by atoms with Gasteiger partial charge in [0.2, 0.25) is 0 Å². The number of ether oxygens (including phenoxy) is 1. The molecule has 0 radical (unpaired) electrons. The van der Waals surface area contributed by atoms with Crippen molar-refractivity contribution in [2.45, 2.75) is 13.5 Å². The van der Waals surface area contributed by atoms with Gasteiger partial charge in [-0.25, -0.2) is 4.39 Å². The SMILES string of the molecule is Cc1cccc(OCCNCc2cc(F)cc(Br)c2)c1. The highest BCUT2D eigenvalue weighted by molar-refractivity contribution is 9.10. The van der Waals surface area contributed by atoms with E-state index in [4.69, 9.17) is 4.74 Å². The molecule has 0 spiro atoms. The molecule has 106 valence electrons. The Labute approximate surface area is 127 Å². The highest BCUT2D eigenvalue weighted by Crippen LogP contribution is 2.15. The average molecular weight is 338 g/mol. The van der Waals surface area contributed by atoms with Gasteiger partial charge in [0.05, 0.1) is 0 Å². The van der Waals surface area contributed by atoms with Crippen LogP contribution < -0.4 is 10.1 Å². The molecule has 0 fully saturated rings. The first-order valence-corrected chi connectivity index (χ1v) is 7.28. The molecule has 0 atom stereocenters. The van der Waals surface area contributed by atoms with Crippen LogP contribution >= 0.6 is 15.9 Å². The van der Waals surface area contributed by atoms with Crippen LogP contribution in [0.2, 0.25) is 0 Å². The van der Waals surface area contributed by atoms with E-state index in [0.29, 0.717) is 19.7 Å². The Balaban J connectivity index is 1.71. The molecule has 20 heavy (non-hydrogen) atoms. The highest BCUT2D eigenvalue weighted by atomic mass is 79.9. The van der Waals surface area contributed by atoms with Crippen molar-refractivity contribution >= 4 is 15.9 Å². The van der Waals surface area contributed by atoms with Gasteiger partial charge in [-0.3, -0.25) is 0 Å². The average Bonchev–Trinajstić information content (AvgIpc) is 2.37. The fourth-order valence-corrected chi connectivity index (χ4v) is 2.40. The van der Waals surface area contributed by atoms with Crippen LogP contribution in [0.4, 0.5) is 4.39 Å². The van der Waals surface area contributed by atoms with Crippen molar-refractivity contribution in [3.63, 3.8) is 0 Å². The fourth-order valence-electron chi connectivity index (χ4n) is 1.89. The maximum atomic E-state index is 13.2. The summed E-state index contributed by atoms with van der Waals surface area (Å²) in [5.74, 6) is 0.646. The van der Waals surface area contributed by atoms with E-state index in [-0.39, 0.29) is 5.82 Å². The molecule has 4 heteroatoms. The lowest BCUT2D eigenvalue weighted by Gasteiger charge is -2.08. The van der Waals surface area contributed by atoms with Gasteiger partial charge in [-0.2, -0.15) is 0 Å². The minimum absolute atomic E-state index is 0.229. The molecule has 0 heterocycles. The molecule has 0 aliphatic heterocycles. The Bertz CT molecular complexity index is 554. The summed E-state index contributed by atoms with van der Waals surface area (Å²) in [5, 5.41) is 3.23. The summed E-state index contributed by atoms with van der Waals surface area (Å²) in [4.78, 5) is 0. The predicted molar refractivity (Wildman–Crippen MR) is 82.5 cm³/mol. The maximum absolute atomic E-state index is 13.2. The third kappa shape index (κ3) is 4.94. The van der Waals surface area contributed by atoms with Crippen molar-refractivity contribution in [2.75, 3.05) is 13.2 Å². The Kier molecular flexibility index (Phi) is 5.56. The minimum atomic E-state index is -0.229. The molecule has 0 saturated heterocycles. The summed E-state index contributed by atoms with van der Waals surface area (Å²) >= 11 is 3.28. The normalized spacial score (nSPS) is 10.6. The van der Waals surface area contributed by atoms with Gasteiger partial charge < -0.3 is 10.1 Å². The third-order valence-corrected chi connectivity index (χ3v) is 3.25. The first kappa shape index (κ1) is 15.0. The molecule has 1 N–H and O–H groups in total. The molecule has 0 aromatic heterocycles. The summed E-state index contributed by atoms with van der Waals surface area (Å²) in [6.45, 7) is 3.95. The maximum Gasteiger partial charge on any atom is 0.124 e. The van der Waals surface area contributed by atoms with E-state index in [0.717, 1.165) is 15.8 Å². The summed E-state index contributed by atoms with van der Waals surface area (Å²) in [5.41, 5.74) is 2.09. The lowest BCUT2D eigenvalue weighted by molar-refractivity contribution is 0.313. The summed E-state index contributed by atoms with van der Waals surface area (Å²) in [6.07, 6.45) is 0. The molecule has 0 aliphatic rings. The molecule has 2 rings (SSSR count). The van der Waals surface area contributed by atoms with Crippen molar-refractivity contribution in [2.24, 2.45) is 0 Å². The Morgan fingerprint density at radius 1 is 1.20 bits per heavy atom. The number of nitrogens with one attached hydrogen (secondary N) is 1. The highest BCUT2D eigenvalue weighted by Gasteiger charge is 1.99. The van der Waals surface area contributed by atoms with Crippen LogP contribution in [-0.4, -0.2) is 13.2 Å². The number of hydrogen-bond donors (Lipinski definition) is 1. The molecular formula is C16H17BrFNO. The third-order valence-electron chi connectivity index (χ3n) is 2.79. The van der Waals surface area contributed by atoms with Crippen molar-refractivity contribution in [1.29, 1.82) is 0 Å². The van der Waals surface area contributed by atoms with Crippen molar-refractivity contribution in [1.82, 2.24) is 5.32 Å². The van der Waals surface area contributed by atoms with Crippen molar-refractivity contribution in [3.8, 4) is 5.75 Å². The van der Waals surface area contributed by atoms with Crippen LogP contribution in [0.5, 0.6) is 5.75 Å². The number of aryl methyl sites for hydroxylation is 1. The van der Waals surface area contributed by atoms with Gasteiger partial charge in [0.1, 0.15) is 18.2 Å². The van der Waals surface area contributed by atoms with E-state index in [1.807, 2.05) is 37.3 Å². The van der Waals surface area contributed by atoms with Crippen LogP contribution in [-0.2, 0) is 6.54 Å². The van der Waals surface area contributed by atoms with E-state index >= 15 is 0 Å². The molecule has 2 aromatic rings. The number of rotatable bonds is 6. The zero-order chi connectivity index (χ0) is 14.4. The lowest BCUT2D eigenvalue weighted by atomic mass is 10.2. The number of hydrogen-bond acceptors (Lipinski definition) is 2. The quantitative estimate of drug-likeness (QED) is 0.802. The zero-order valence-electron chi connectivity index (χ0n) is 11.3. The van der Waals surface area contributed by atoms with Gasteiger partial charge in [0.25, 0.3) is 0 Å². The topological polar surface area (TPSA) is 21.3 Å². The molecule has 0 amide bonds. The van der Waals surface area contributed by atoms with Crippen LogP contribution in [0.1, 0.15) is 11.1 Å². The largest absolute Gasteiger partial charge is 0.492 e. The molecule has 0 aliphatic carbocycles. The van der Waals surface area contributed by atoms with E-state index < -0.39 is 0 Å². The number of benzene rings is 2. The van der Waals surface area contributed by atoms with Gasteiger partial charge in [-0.05, 0) is 48.4 Å². The van der Waals surface area contributed by atoms with Crippen LogP contribution in [0.25, 0.3) is 0 Å².